The highest BCUT2D eigenvalue weighted by Crippen LogP contribution is 2.11. The van der Waals surface area contributed by atoms with Crippen molar-refractivity contribution in [1.82, 2.24) is 0 Å². The van der Waals surface area contributed by atoms with Gasteiger partial charge in [-0.3, -0.25) is 0 Å². The third kappa shape index (κ3) is 6.96. The molecule has 1 atom stereocenters. The number of nitrogens with two attached hydrogens (primary N) is 3. The van der Waals surface area contributed by atoms with Crippen molar-refractivity contribution in [2.45, 2.75) is 19.6 Å². The molecule has 0 bridgehead atoms. The normalized spacial score (nSPS) is 14.2. The zero-order valence-corrected chi connectivity index (χ0v) is 10.6. The number of hydrogen-bond donors (Lipinski definition) is 3. The van der Waals surface area contributed by atoms with Gasteiger partial charge >= 0.3 is 8.80 Å². The minimum atomic E-state index is -2.62. The fourth-order valence-corrected chi connectivity index (χ4v) is 3.04. The van der Waals surface area contributed by atoms with Crippen LogP contribution < -0.4 is 17.2 Å². The van der Waals surface area contributed by atoms with Gasteiger partial charge in [0.25, 0.3) is 0 Å². The van der Waals surface area contributed by atoms with Crippen molar-refractivity contribution in [2.75, 3.05) is 32.8 Å². The Morgan fingerprint density at radius 3 is 1.87 bits per heavy atom. The predicted molar refractivity (Wildman–Crippen MR) is 61.2 cm³/mol. The average molecular weight is 237 g/mol. The molecule has 0 aliphatic carbocycles. The van der Waals surface area contributed by atoms with Crippen molar-refractivity contribution in [3.8, 4) is 0 Å². The molecule has 6 N–H and O–H groups in total. The predicted octanol–water partition coefficient (Wildman–Crippen LogP) is -1.13. The lowest BCUT2D eigenvalue weighted by Crippen LogP contribution is -2.48. The molecule has 1 unspecified atom stereocenters. The Bertz CT molecular complexity index is 154. The summed E-state index contributed by atoms with van der Waals surface area (Å²) in [5, 5.41) is 0. The minimum Gasteiger partial charge on any atom is -0.372 e. The molecule has 6 nitrogen and oxygen atoms in total. The zero-order chi connectivity index (χ0) is 11.7. The van der Waals surface area contributed by atoms with Crippen LogP contribution in [0.2, 0.25) is 6.55 Å². The third-order valence-corrected chi connectivity index (χ3v) is 4.00. The molecule has 0 fully saturated rings. The second-order valence-electron chi connectivity index (χ2n) is 3.30. The first-order valence-corrected chi connectivity index (χ1v) is 7.36. The molecule has 0 spiro atoms. The van der Waals surface area contributed by atoms with Crippen LogP contribution in [-0.4, -0.2) is 47.8 Å². The molecule has 0 aliphatic rings. The van der Waals surface area contributed by atoms with Crippen LogP contribution in [0.4, 0.5) is 0 Å². The van der Waals surface area contributed by atoms with Crippen molar-refractivity contribution >= 4 is 8.80 Å². The van der Waals surface area contributed by atoms with Crippen LogP contribution in [0.25, 0.3) is 0 Å². The Balaban J connectivity index is 4.12. The summed E-state index contributed by atoms with van der Waals surface area (Å²) in [6.07, 6.45) is -0.0859. The molecule has 0 amide bonds. The molecule has 0 aromatic heterocycles. The van der Waals surface area contributed by atoms with Gasteiger partial charge in [-0.15, -0.1) is 0 Å². The quantitative estimate of drug-likeness (QED) is 0.438. The van der Waals surface area contributed by atoms with Crippen molar-refractivity contribution in [3.05, 3.63) is 0 Å². The van der Waals surface area contributed by atoms with Crippen molar-refractivity contribution in [2.24, 2.45) is 17.2 Å². The summed E-state index contributed by atoms with van der Waals surface area (Å²) in [6.45, 7) is 5.85. The Morgan fingerprint density at radius 1 is 1.07 bits per heavy atom. The second kappa shape index (κ2) is 8.17. The van der Waals surface area contributed by atoms with E-state index in [1.54, 1.807) is 0 Å². The molecular formula is C8H23N3O3Si. The van der Waals surface area contributed by atoms with E-state index in [2.05, 4.69) is 0 Å². The van der Waals surface area contributed by atoms with Crippen molar-refractivity contribution in [3.63, 3.8) is 0 Å². The molecule has 0 aromatic carbocycles. The van der Waals surface area contributed by atoms with Gasteiger partial charge in [0.05, 0.1) is 19.3 Å². The van der Waals surface area contributed by atoms with Gasteiger partial charge in [-0.05, 0) is 6.92 Å². The topological polar surface area (TPSA) is 106 Å². The number of hydrogen-bond acceptors (Lipinski definition) is 6. The summed E-state index contributed by atoms with van der Waals surface area (Å²) >= 11 is 0. The molecule has 0 radical (unpaired) electrons. The van der Waals surface area contributed by atoms with Crippen LogP contribution in [0.3, 0.4) is 0 Å². The van der Waals surface area contributed by atoms with Crippen LogP contribution in [0.1, 0.15) is 6.92 Å². The molecule has 15 heavy (non-hydrogen) atoms. The maximum atomic E-state index is 5.65. The third-order valence-electron chi connectivity index (χ3n) is 1.71. The molecule has 0 saturated carbocycles. The summed E-state index contributed by atoms with van der Waals surface area (Å²) in [5.74, 6) is 0. The SMILES string of the molecule is CC(CN)O[Si](C)(OCCN)OCCN. The fourth-order valence-electron chi connectivity index (χ4n) is 1.01. The summed E-state index contributed by atoms with van der Waals surface area (Å²) in [4.78, 5) is 0. The van der Waals surface area contributed by atoms with Crippen LogP contribution in [-0.2, 0) is 13.3 Å². The summed E-state index contributed by atoms with van der Waals surface area (Å²) in [5.41, 5.74) is 16.2. The van der Waals surface area contributed by atoms with Gasteiger partial charge in [0, 0.05) is 26.2 Å². The maximum Gasteiger partial charge on any atom is 0.498 e. The van der Waals surface area contributed by atoms with Gasteiger partial charge in [0.15, 0.2) is 0 Å². The summed E-state index contributed by atoms with van der Waals surface area (Å²) in [7, 11) is -2.62. The standard InChI is InChI=1S/C8H23N3O3Si/c1-8(7-11)14-15(2,12-5-3-9)13-6-4-10/h8H,3-7,9-11H2,1-2H3. The highest BCUT2D eigenvalue weighted by Gasteiger charge is 2.36. The Labute approximate surface area is 92.4 Å². The first-order chi connectivity index (χ1) is 7.08. The first-order valence-electron chi connectivity index (χ1n) is 5.14. The molecule has 0 aliphatic heterocycles. The van der Waals surface area contributed by atoms with Gasteiger partial charge in [-0.25, -0.2) is 0 Å². The average Bonchev–Trinajstić information content (AvgIpc) is 2.23. The van der Waals surface area contributed by atoms with E-state index < -0.39 is 8.80 Å². The Morgan fingerprint density at radius 2 is 1.53 bits per heavy atom. The van der Waals surface area contributed by atoms with E-state index in [-0.39, 0.29) is 6.10 Å². The van der Waals surface area contributed by atoms with Gasteiger partial charge < -0.3 is 30.5 Å². The van der Waals surface area contributed by atoms with Crippen molar-refractivity contribution < 1.29 is 13.3 Å². The Hall–Kier alpha value is -0.0231. The maximum absolute atomic E-state index is 5.65. The van der Waals surface area contributed by atoms with E-state index in [0.717, 1.165) is 0 Å². The molecule has 0 rings (SSSR count). The molecule has 0 heterocycles. The molecule has 92 valence electrons. The highest BCUT2D eigenvalue weighted by molar-refractivity contribution is 6.59. The minimum absolute atomic E-state index is 0.0859. The van der Waals surface area contributed by atoms with E-state index in [0.29, 0.717) is 32.8 Å². The van der Waals surface area contributed by atoms with E-state index in [1.807, 2.05) is 13.5 Å². The lowest BCUT2D eigenvalue weighted by Gasteiger charge is -2.28. The van der Waals surface area contributed by atoms with E-state index in [9.17, 15) is 0 Å². The van der Waals surface area contributed by atoms with Crippen molar-refractivity contribution in [1.29, 1.82) is 0 Å². The lowest BCUT2D eigenvalue weighted by molar-refractivity contribution is 0.0444. The second-order valence-corrected chi connectivity index (χ2v) is 5.84. The van der Waals surface area contributed by atoms with Crippen LogP contribution >= 0.6 is 0 Å². The van der Waals surface area contributed by atoms with Gasteiger partial charge in [-0.2, -0.15) is 0 Å². The molecule has 7 heteroatoms. The van der Waals surface area contributed by atoms with E-state index in [4.69, 9.17) is 30.5 Å². The fraction of sp³-hybridized carbons (Fsp3) is 1.00. The highest BCUT2D eigenvalue weighted by atomic mass is 28.4. The number of rotatable bonds is 9. The van der Waals surface area contributed by atoms with Gasteiger partial charge in [0.1, 0.15) is 0 Å². The first kappa shape index (κ1) is 15.0. The molecule has 0 aromatic rings. The summed E-state index contributed by atoms with van der Waals surface area (Å²) in [6, 6.07) is 0. The van der Waals surface area contributed by atoms with Crippen LogP contribution in [0.5, 0.6) is 0 Å². The Kier molecular flexibility index (Phi) is 8.15. The molecular weight excluding hydrogens is 214 g/mol. The largest absolute Gasteiger partial charge is 0.498 e. The van der Waals surface area contributed by atoms with Crippen LogP contribution in [0, 0.1) is 0 Å². The van der Waals surface area contributed by atoms with Gasteiger partial charge in [0.2, 0.25) is 0 Å². The summed E-state index contributed by atoms with van der Waals surface area (Å²) < 4.78 is 16.7. The van der Waals surface area contributed by atoms with E-state index >= 15 is 0 Å². The van der Waals surface area contributed by atoms with E-state index in [1.165, 1.54) is 0 Å². The lowest BCUT2D eigenvalue weighted by atomic mass is 10.4. The van der Waals surface area contributed by atoms with Crippen LogP contribution in [0.15, 0.2) is 0 Å². The molecule has 0 saturated heterocycles. The zero-order valence-electron chi connectivity index (χ0n) is 9.57. The van der Waals surface area contributed by atoms with Gasteiger partial charge in [-0.1, -0.05) is 0 Å². The smallest absolute Gasteiger partial charge is 0.372 e. The monoisotopic (exact) mass is 237 g/mol.